The maximum Gasteiger partial charge on any atom is 0.109 e. The fourth-order valence-electron chi connectivity index (χ4n) is 1.11. The van der Waals surface area contributed by atoms with E-state index in [1.165, 1.54) is 0 Å². The molecule has 0 unspecified atom stereocenters. The van der Waals surface area contributed by atoms with Gasteiger partial charge in [-0.25, -0.2) is 0 Å². The van der Waals surface area contributed by atoms with Crippen molar-refractivity contribution in [1.82, 2.24) is 0 Å². The Labute approximate surface area is 78.7 Å². The summed E-state index contributed by atoms with van der Waals surface area (Å²) in [5, 5.41) is 3.78. The maximum atomic E-state index is 11.7. The fraction of sp³-hybridized carbons (Fsp3) is 0.333. The molecular formula is C9H15N2OP. The molecule has 0 heterocycles. The Bertz CT molecular complexity index is 357. The Morgan fingerprint density at radius 1 is 1.38 bits per heavy atom. The lowest BCUT2D eigenvalue weighted by molar-refractivity contribution is 0.588. The summed E-state index contributed by atoms with van der Waals surface area (Å²) in [6.07, 6.45) is 0. The van der Waals surface area contributed by atoms with E-state index in [2.05, 4.69) is 5.32 Å². The van der Waals surface area contributed by atoms with E-state index in [1.54, 1.807) is 19.4 Å². The van der Waals surface area contributed by atoms with Crippen LogP contribution in [-0.2, 0) is 4.57 Å². The molecule has 0 bridgehead atoms. The van der Waals surface area contributed by atoms with Gasteiger partial charge in [0.2, 0.25) is 0 Å². The Kier molecular flexibility index (Phi) is 2.67. The van der Waals surface area contributed by atoms with E-state index in [-0.39, 0.29) is 0 Å². The number of nitrogen functional groups attached to an aromatic ring is 1. The van der Waals surface area contributed by atoms with Gasteiger partial charge in [-0.05, 0) is 31.5 Å². The van der Waals surface area contributed by atoms with Crippen molar-refractivity contribution in [3.63, 3.8) is 0 Å². The molecule has 4 heteroatoms. The van der Waals surface area contributed by atoms with Gasteiger partial charge >= 0.3 is 0 Å². The Morgan fingerprint density at radius 2 is 2.00 bits per heavy atom. The highest BCUT2D eigenvalue weighted by Gasteiger charge is 2.11. The Morgan fingerprint density at radius 3 is 2.38 bits per heavy atom. The lowest BCUT2D eigenvalue weighted by Crippen LogP contribution is -2.06. The smallest absolute Gasteiger partial charge is 0.109 e. The van der Waals surface area contributed by atoms with E-state index >= 15 is 0 Å². The van der Waals surface area contributed by atoms with Crippen LogP contribution in [0.2, 0.25) is 0 Å². The SMILES string of the molecule is CNc1ccc(P(C)(C)=O)cc1N. The molecule has 3 nitrogen and oxygen atoms in total. The molecule has 1 aromatic rings. The van der Waals surface area contributed by atoms with Crippen molar-refractivity contribution in [3.8, 4) is 0 Å². The molecule has 3 N–H and O–H groups in total. The van der Waals surface area contributed by atoms with Crippen molar-refractivity contribution >= 4 is 23.8 Å². The molecule has 0 saturated heterocycles. The third-order valence-corrected chi connectivity index (χ3v) is 3.45. The van der Waals surface area contributed by atoms with E-state index in [9.17, 15) is 4.57 Å². The molecule has 0 atom stereocenters. The number of anilines is 2. The van der Waals surface area contributed by atoms with E-state index < -0.39 is 7.14 Å². The second-order valence-corrected chi connectivity index (χ2v) is 6.59. The first-order chi connectivity index (χ1) is 5.95. The zero-order valence-electron chi connectivity index (χ0n) is 8.16. The predicted octanol–water partition coefficient (Wildman–Crippen LogP) is 1.56. The van der Waals surface area contributed by atoms with Crippen molar-refractivity contribution in [1.29, 1.82) is 0 Å². The Balaban J connectivity index is 3.18. The third kappa shape index (κ3) is 2.25. The normalized spacial score (nSPS) is 11.3. The van der Waals surface area contributed by atoms with E-state index in [4.69, 9.17) is 5.73 Å². The van der Waals surface area contributed by atoms with Gasteiger partial charge in [-0.15, -0.1) is 0 Å². The highest BCUT2D eigenvalue weighted by molar-refractivity contribution is 7.70. The molecule has 13 heavy (non-hydrogen) atoms. The molecule has 0 aliphatic carbocycles. The van der Waals surface area contributed by atoms with Crippen LogP contribution in [0.15, 0.2) is 18.2 Å². The van der Waals surface area contributed by atoms with Crippen molar-refractivity contribution in [2.45, 2.75) is 0 Å². The van der Waals surface area contributed by atoms with Crippen LogP contribution in [0.1, 0.15) is 0 Å². The van der Waals surface area contributed by atoms with Gasteiger partial charge in [0.15, 0.2) is 0 Å². The zero-order chi connectivity index (χ0) is 10.1. The van der Waals surface area contributed by atoms with Crippen LogP contribution in [0.3, 0.4) is 0 Å². The summed E-state index contributed by atoms with van der Waals surface area (Å²) < 4.78 is 11.7. The van der Waals surface area contributed by atoms with Crippen LogP contribution in [0, 0.1) is 0 Å². The van der Waals surface area contributed by atoms with Crippen LogP contribution in [0.25, 0.3) is 0 Å². The third-order valence-electron chi connectivity index (χ3n) is 1.93. The van der Waals surface area contributed by atoms with Gasteiger partial charge < -0.3 is 15.6 Å². The maximum absolute atomic E-state index is 11.7. The molecular weight excluding hydrogens is 183 g/mol. The quantitative estimate of drug-likeness (QED) is 0.560. The lowest BCUT2D eigenvalue weighted by Gasteiger charge is -2.10. The molecule has 0 amide bonds. The summed E-state index contributed by atoms with van der Waals surface area (Å²) in [5.74, 6) is 0. The Hall–Kier alpha value is -0.950. The van der Waals surface area contributed by atoms with Gasteiger partial charge in [0.25, 0.3) is 0 Å². The average molecular weight is 198 g/mol. The topological polar surface area (TPSA) is 55.1 Å². The number of hydrogen-bond donors (Lipinski definition) is 2. The minimum Gasteiger partial charge on any atom is -0.397 e. The molecule has 0 radical (unpaired) electrons. The molecule has 0 aromatic heterocycles. The summed E-state index contributed by atoms with van der Waals surface area (Å²) in [4.78, 5) is 0. The van der Waals surface area contributed by atoms with Gasteiger partial charge in [0.05, 0.1) is 11.4 Å². The summed E-state index contributed by atoms with van der Waals surface area (Å²) in [5.41, 5.74) is 7.26. The minimum absolute atomic E-state index is 0.643. The molecule has 0 aliphatic rings. The van der Waals surface area contributed by atoms with Crippen LogP contribution in [0.5, 0.6) is 0 Å². The van der Waals surface area contributed by atoms with Crippen molar-refractivity contribution in [2.75, 3.05) is 31.4 Å². The van der Waals surface area contributed by atoms with Crippen molar-refractivity contribution in [3.05, 3.63) is 18.2 Å². The van der Waals surface area contributed by atoms with E-state index in [0.29, 0.717) is 5.69 Å². The number of nitrogens with one attached hydrogen (secondary N) is 1. The van der Waals surface area contributed by atoms with Crippen molar-refractivity contribution in [2.24, 2.45) is 0 Å². The summed E-state index contributed by atoms with van der Waals surface area (Å²) in [7, 11) is -0.375. The monoisotopic (exact) mass is 198 g/mol. The zero-order valence-corrected chi connectivity index (χ0v) is 9.06. The van der Waals surface area contributed by atoms with E-state index in [0.717, 1.165) is 11.0 Å². The highest BCUT2D eigenvalue weighted by Crippen LogP contribution is 2.35. The number of nitrogens with two attached hydrogens (primary N) is 1. The molecule has 0 saturated carbocycles. The number of benzene rings is 1. The summed E-state index contributed by atoms with van der Waals surface area (Å²) in [6.45, 7) is 3.47. The van der Waals surface area contributed by atoms with Crippen LogP contribution >= 0.6 is 7.14 Å². The molecule has 72 valence electrons. The molecule has 0 spiro atoms. The lowest BCUT2D eigenvalue weighted by atomic mass is 10.3. The largest absolute Gasteiger partial charge is 0.397 e. The molecule has 0 aliphatic heterocycles. The van der Waals surface area contributed by atoms with Crippen LogP contribution < -0.4 is 16.4 Å². The van der Waals surface area contributed by atoms with Crippen molar-refractivity contribution < 1.29 is 4.57 Å². The van der Waals surface area contributed by atoms with Gasteiger partial charge in [0.1, 0.15) is 7.14 Å². The van der Waals surface area contributed by atoms with Gasteiger partial charge in [-0.1, -0.05) is 0 Å². The predicted molar refractivity (Wildman–Crippen MR) is 59.5 cm³/mol. The fourth-order valence-corrected chi connectivity index (χ4v) is 2.00. The van der Waals surface area contributed by atoms with Gasteiger partial charge in [0, 0.05) is 12.4 Å². The van der Waals surface area contributed by atoms with Gasteiger partial charge in [-0.3, -0.25) is 0 Å². The first kappa shape index (κ1) is 10.1. The average Bonchev–Trinajstić information content (AvgIpc) is 2.02. The van der Waals surface area contributed by atoms with Gasteiger partial charge in [-0.2, -0.15) is 0 Å². The first-order valence-corrected chi connectivity index (χ1v) is 6.68. The second-order valence-electron chi connectivity index (χ2n) is 3.37. The summed E-state index contributed by atoms with van der Waals surface area (Å²) in [6, 6.07) is 5.47. The number of hydrogen-bond acceptors (Lipinski definition) is 3. The van der Waals surface area contributed by atoms with E-state index in [1.807, 2.05) is 19.2 Å². The minimum atomic E-state index is -2.18. The number of rotatable bonds is 2. The van der Waals surface area contributed by atoms with Crippen LogP contribution in [-0.4, -0.2) is 20.4 Å². The van der Waals surface area contributed by atoms with Crippen LogP contribution in [0.4, 0.5) is 11.4 Å². The first-order valence-electron chi connectivity index (χ1n) is 4.08. The molecule has 0 fully saturated rings. The standard InChI is InChI=1S/C9H15N2OP/c1-11-9-5-4-7(6-8(9)10)13(2,3)12/h4-6,11H,10H2,1-3H3. The molecule has 1 aromatic carbocycles. The second kappa shape index (κ2) is 3.43. The molecule has 1 rings (SSSR count). The summed E-state index contributed by atoms with van der Waals surface area (Å²) >= 11 is 0. The highest BCUT2D eigenvalue weighted by atomic mass is 31.2.